The Bertz CT molecular complexity index is 468. The fourth-order valence-electron chi connectivity index (χ4n) is 1.74. The molecule has 0 aliphatic carbocycles. The Morgan fingerprint density at radius 3 is 2.05 bits per heavy atom. The lowest BCUT2D eigenvalue weighted by Crippen LogP contribution is -1.92. The van der Waals surface area contributed by atoms with E-state index in [1.54, 1.807) is 24.9 Å². The van der Waals surface area contributed by atoms with Crippen LogP contribution in [0.2, 0.25) is 0 Å². The summed E-state index contributed by atoms with van der Waals surface area (Å²) in [5.74, 6) is 0.558. The second-order valence-corrected chi connectivity index (χ2v) is 6.03. The Morgan fingerprint density at radius 1 is 0.947 bits per heavy atom. The van der Waals surface area contributed by atoms with E-state index in [4.69, 9.17) is 0 Å². The Hall–Kier alpha value is -1.32. The van der Waals surface area contributed by atoms with Crippen molar-refractivity contribution in [2.24, 2.45) is 0 Å². The standard InChI is InChI=1S/C16H19NOS/c1-11(2)13-4-7-15(8-5-13)19-16-9-6-14(10-17-16)12(3)18/h4-12,18H,1-3H3. The lowest BCUT2D eigenvalue weighted by atomic mass is 10.0. The molecule has 0 aliphatic rings. The van der Waals surface area contributed by atoms with Crippen LogP contribution in [0.5, 0.6) is 0 Å². The highest BCUT2D eigenvalue weighted by atomic mass is 32.2. The van der Waals surface area contributed by atoms with Gasteiger partial charge in [-0.25, -0.2) is 4.98 Å². The number of nitrogens with zero attached hydrogens (tertiary/aromatic N) is 1. The zero-order valence-corrected chi connectivity index (χ0v) is 12.3. The maximum absolute atomic E-state index is 9.44. The van der Waals surface area contributed by atoms with Crippen LogP contribution in [0.25, 0.3) is 0 Å². The lowest BCUT2D eigenvalue weighted by molar-refractivity contribution is 0.198. The molecule has 1 atom stereocenters. The van der Waals surface area contributed by atoms with Crippen molar-refractivity contribution in [3.05, 3.63) is 53.7 Å². The Labute approximate surface area is 118 Å². The maximum atomic E-state index is 9.44. The van der Waals surface area contributed by atoms with Crippen LogP contribution in [-0.4, -0.2) is 10.1 Å². The van der Waals surface area contributed by atoms with Gasteiger partial charge >= 0.3 is 0 Å². The lowest BCUT2D eigenvalue weighted by Gasteiger charge is -2.07. The minimum atomic E-state index is -0.461. The third kappa shape index (κ3) is 3.82. The largest absolute Gasteiger partial charge is 0.389 e. The van der Waals surface area contributed by atoms with Crippen LogP contribution < -0.4 is 0 Å². The van der Waals surface area contributed by atoms with Crippen molar-refractivity contribution in [3.63, 3.8) is 0 Å². The van der Waals surface area contributed by atoms with Gasteiger partial charge in [-0.05, 0) is 42.2 Å². The van der Waals surface area contributed by atoms with Gasteiger partial charge in [-0.3, -0.25) is 0 Å². The monoisotopic (exact) mass is 273 g/mol. The van der Waals surface area contributed by atoms with Gasteiger partial charge in [-0.1, -0.05) is 43.8 Å². The summed E-state index contributed by atoms with van der Waals surface area (Å²) in [5.41, 5.74) is 2.20. The van der Waals surface area contributed by atoms with Crippen LogP contribution in [0.3, 0.4) is 0 Å². The summed E-state index contributed by atoms with van der Waals surface area (Å²) >= 11 is 1.64. The minimum absolute atomic E-state index is 0.461. The van der Waals surface area contributed by atoms with E-state index >= 15 is 0 Å². The number of pyridine rings is 1. The molecule has 1 aromatic heterocycles. The van der Waals surface area contributed by atoms with Crippen LogP contribution >= 0.6 is 11.8 Å². The molecule has 2 nitrogen and oxygen atoms in total. The number of aromatic nitrogens is 1. The van der Waals surface area contributed by atoms with Gasteiger partial charge in [0.25, 0.3) is 0 Å². The third-order valence-corrected chi connectivity index (χ3v) is 3.97. The minimum Gasteiger partial charge on any atom is -0.389 e. The molecule has 0 saturated heterocycles. The van der Waals surface area contributed by atoms with Crippen molar-refractivity contribution in [1.82, 2.24) is 4.98 Å². The van der Waals surface area contributed by atoms with Crippen LogP contribution in [0, 0.1) is 0 Å². The van der Waals surface area contributed by atoms with Gasteiger partial charge in [-0.2, -0.15) is 0 Å². The Morgan fingerprint density at radius 2 is 1.58 bits per heavy atom. The topological polar surface area (TPSA) is 33.1 Å². The van der Waals surface area contributed by atoms with E-state index in [9.17, 15) is 5.11 Å². The SMILES string of the molecule is CC(C)c1ccc(Sc2ccc(C(C)O)cn2)cc1. The first-order chi connectivity index (χ1) is 9.06. The van der Waals surface area contributed by atoms with Crippen molar-refractivity contribution in [2.45, 2.75) is 42.7 Å². The van der Waals surface area contributed by atoms with Crippen LogP contribution in [0.1, 0.15) is 43.9 Å². The maximum Gasteiger partial charge on any atom is 0.101 e. The summed E-state index contributed by atoms with van der Waals surface area (Å²) in [4.78, 5) is 5.54. The van der Waals surface area contributed by atoms with Crippen molar-refractivity contribution in [2.75, 3.05) is 0 Å². The van der Waals surface area contributed by atoms with Gasteiger partial charge < -0.3 is 5.11 Å². The van der Waals surface area contributed by atoms with E-state index in [1.807, 2.05) is 12.1 Å². The summed E-state index contributed by atoms with van der Waals surface area (Å²) in [5, 5.41) is 10.4. The number of rotatable bonds is 4. The molecule has 2 rings (SSSR count). The summed E-state index contributed by atoms with van der Waals surface area (Å²) in [6.07, 6.45) is 1.27. The van der Waals surface area contributed by atoms with Gasteiger partial charge in [0, 0.05) is 11.1 Å². The predicted octanol–water partition coefficient (Wildman–Crippen LogP) is 4.41. The molecule has 0 spiro atoms. The van der Waals surface area contributed by atoms with E-state index in [-0.39, 0.29) is 0 Å². The highest BCUT2D eigenvalue weighted by molar-refractivity contribution is 7.99. The first-order valence-electron chi connectivity index (χ1n) is 6.48. The molecule has 100 valence electrons. The first-order valence-corrected chi connectivity index (χ1v) is 7.29. The molecule has 19 heavy (non-hydrogen) atoms. The van der Waals surface area contributed by atoms with Crippen LogP contribution in [0.4, 0.5) is 0 Å². The number of benzene rings is 1. The molecule has 0 radical (unpaired) electrons. The van der Waals surface area contributed by atoms with Gasteiger partial charge in [0.05, 0.1) is 6.10 Å². The number of aliphatic hydroxyl groups is 1. The quantitative estimate of drug-likeness (QED) is 0.895. The molecule has 0 saturated carbocycles. The number of hydrogen-bond donors (Lipinski definition) is 1. The number of aliphatic hydroxyl groups excluding tert-OH is 1. The molecule has 0 bridgehead atoms. The molecule has 1 aromatic carbocycles. The zero-order valence-electron chi connectivity index (χ0n) is 11.5. The molecule has 0 amide bonds. The van der Waals surface area contributed by atoms with Crippen molar-refractivity contribution in [3.8, 4) is 0 Å². The highest BCUT2D eigenvalue weighted by Crippen LogP contribution is 2.28. The molecular weight excluding hydrogens is 254 g/mol. The molecule has 3 heteroatoms. The second-order valence-electron chi connectivity index (χ2n) is 4.93. The summed E-state index contributed by atoms with van der Waals surface area (Å²) in [6, 6.07) is 12.5. The number of hydrogen-bond acceptors (Lipinski definition) is 3. The average Bonchev–Trinajstić information content (AvgIpc) is 2.40. The van der Waals surface area contributed by atoms with E-state index in [1.165, 1.54) is 10.5 Å². The van der Waals surface area contributed by atoms with E-state index < -0.39 is 6.10 Å². The normalized spacial score (nSPS) is 12.7. The van der Waals surface area contributed by atoms with Crippen molar-refractivity contribution in [1.29, 1.82) is 0 Å². The summed E-state index contributed by atoms with van der Waals surface area (Å²) in [7, 11) is 0. The first kappa shape index (κ1) is 14.1. The smallest absolute Gasteiger partial charge is 0.101 e. The van der Waals surface area contributed by atoms with Gasteiger partial charge in [-0.15, -0.1) is 0 Å². The second kappa shape index (κ2) is 6.22. The van der Waals surface area contributed by atoms with Crippen LogP contribution in [0.15, 0.2) is 52.5 Å². The van der Waals surface area contributed by atoms with Crippen molar-refractivity contribution < 1.29 is 5.11 Å². The van der Waals surface area contributed by atoms with Gasteiger partial charge in [0.2, 0.25) is 0 Å². The zero-order chi connectivity index (χ0) is 13.8. The molecule has 1 unspecified atom stereocenters. The third-order valence-electron chi connectivity index (χ3n) is 3.01. The van der Waals surface area contributed by atoms with Gasteiger partial charge in [0.1, 0.15) is 5.03 Å². The molecular formula is C16H19NOS. The van der Waals surface area contributed by atoms with E-state index in [2.05, 4.69) is 43.1 Å². The Kier molecular flexibility index (Phi) is 4.61. The van der Waals surface area contributed by atoms with Gasteiger partial charge in [0.15, 0.2) is 0 Å². The average molecular weight is 273 g/mol. The van der Waals surface area contributed by atoms with E-state index in [0.717, 1.165) is 10.6 Å². The molecule has 1 heterocycles. The molecule has 1 N–H and O–H groups in total. The highest BCUT2D eigenvalue weighted by Gasteiger charge is 2.04. The summed E-state index contributed by atoms with van der Waals surface area (Å²) in [6.45, 7) is 6.13. The predicted molar refractivity (Wildman–Crippen MR) is 79.5 cm³/mol. The van der Waals surface area contributed by atoms with Crippen molar-refractivity contribution >= 4 is 11.8 Å². The summed E-state index contributed by atoms with van der Waals surface area (Å²) < 4.78 is 0. The molecule has 0 aliphatic heterocycles. The fourth-order valence-corrected chi connectivity index (χ4v) is 2.50. The fraction of sp³-hybridized carbons (Fsp3) is 0.312. The van der Waals surface area contributed by atoms with Crippen LogP contribution in [-0.2, 0) is 0 Å². The van der Waals surface area contributed by atoms with E-state index in [0.29, 0.717) is 5.92 Å². The Balaban J connectivity index is 2.08. The molecule has 0 fully saturated rings. The molecule has 2 aromatic rings.